The van der Waals surface area contributed by atoms with Gasteiger partial charge in [-0.1, -0.05) is 30.3 Å². The normalized spacial score (nSPS) is 27.7. The highest BCUT2D eigenvalue weighted by Crippen LogP contribution is 2.52. The molecule has 0 aromatic heterocycles. The lowest BCUT2D eigenvalue weighted by Gasteiger charge is -2.49. The second-order valence-electron chi connectivity index (χ2n) is 12.8. The standard InChI is InChI=1S/C32H40N4O3/c1-21(37)36-17-24-6-8-26(36)15-30(24)33-25-7-9-29-28(14-25)31(39)35(20-32(29)11-12-32)19-27(38)18-34-13-10-22-4-2-3-5-23(22)16-34/h2-5,7,9,14,24,26-27,30,33,38H,6,8,10-13,15-20H2,1H3/t24-,26-,27-,30?/m1/s1. The van der Waals surface area contributed by atoms with Crippen LogP contribution in [-0.2, 0) is 23.2 Å². The number of β-amino-alcohol motifs (C(OH)–C–C–N with tert-alkyl or cyclic N) is 1. The van der Waals surface area contributed by atoms with Crippen LogP contribution in [-0.4, -0.2) is 82.5 Å². The van der Waals surface area contributed by atoms with E-state index in [4.69, 9.17) is 0 Å². The van der Waals surface area contributed by atoms with Crippen molar-refractivity contribution in [3.8, 4) is 0 Å². The van der Waals surface area contributed by atoms with Crippen LogP contribution in [0.3, 0.4) is 0 Å². The topological polar surface area (TPSA) is 76.1 Å². The maximum Gasteiger partial charge on any atom is 0.254 e. The van der Waals surface area contributed by atoms with Gasteiger partial charge in [0.05, 0.1) is 6.10 Å². The lowest BCUT2D eigenvalue weighted by Crippen LogP contribution is -2.57. The molecule has 8 rings (SSSR count). The molecule has 2 aromatic carbocycles. The van der Waals surface area contributed by atoms with Gasteiger partial charge in [0.25, 0.3) is 5.91 Å². The van der Waals surface area contributed by atoms with Gasteiger partial charge >= 0.3 is 0 Å². The van der Waals surface area contributed by atoms with E-state index >= 15 is 0 Å². The Hall–Kier alpha value is -2.90. The molecule has 7 heteroatoms. The van der Waals surface area contributed by atoms with Gasteiger partial charge in [0, 0.05) is 74.9 Å². The molecule has 2 saturated heterocycles. The number of aliphatic hydroxyl groups is 1. The highest BCUT2D eigenvalue weighted by Gasteiger charge is 2.51. The second-order valence-corrected chi connectivity index (χ2v) is 12.8. The Kier molecular flexibility index (Phi) is 6.20. The van der Waals surface area contributed by atoms with Crippen LogP contribution in [0.5, 0.6) is 0 Å². The average Bonchev–Trinajstić information content (AvgIpc) is 3.71. The molecule has 2 aliphatic carbocycles. The Morgan fingerprint density at radius 2 is 1.95 bits per heavy atom. The molecule has 4 aliphatic heterocycles. The molecular formula is C32H40N4O3. The first kappa shape index (κ1) is 25.1. The number of carbonyl (C=O) groups is 2. The van der Waals surface area contributed by atoms with Crippen molar-refractivity contribution in [2.75, 3.05) is 38.0 Å². The molecule has 4 atom stereocenters. The molecule has 206 valence electrons. The molecule has 2 amide bonds. The summed E-state index contributed by atoms with van der Waals surface area (Å²) in [5.41, 5.74) is 5.79. The van der Waals surface area contributed by atoms with Gasteiger partial charge < -0.3 is 20.2 Å². The maximum absolute atomic E-state index is 13.7. The Labute approximate surface area is 231 Å². The fourth-order valence-electron chi connectivity index (χ4n) is 7.90. The molecule has 1 unspecified atom stereocenters. The number of carbonyl (C=O) groups excluding carboxylic acids is 2. The summed E-state index contributed by atoms with van der Waals surface area (Å²) >= 11 is 0. The third-order valence-electron chi connectivity index (χ3n) is 10.2. The molecule has 2 bridgehead atoms. The summed E-state index contributed by atoms with van der Waals surface area (Å²) < 4.78 is 0. The van der Waals surface area contributed by atoms with Crippen molar-refractivity contribution < 1.29 is 14.7 Å². The summed E-state index contributed by atoms with van der Waals surface area (Å²) in [6.07, 6.45) is 5.85. The van der Waals surface area contributed by atoms with Crippen molar-refractivity contribution in [3.63, 3.8) is 0 Å². The first-order valence-corrected chi connectivity index (χ1v) is 14.8. The fraction of sp³-hybridized carbons (Fsp3) is 0.562. The van der Waals surface area contributed by atoms with Gasteiger partial charge in [-0.2, -0.15) is 0 Å². The highest BCUT2D eigenvalue weighted by atomic mass is 16.3. The summed E-state index contributed by atoms with van der Waals surface area (Å²) in [5, 5.41) is 14.8. The molecule has 2 N–H and O–H groups in total. The predicted molar refractivity (Wildman–Crippen MR) is 151 cm³/mol. The van der Waals surface area contributed by atoms with Crippen LogP contribution in [0, 0.1) is 5.92 Å². The smallest absolute Gasteiger partial charge is 0.254 e. The third kappa shape index (κ3) is 4.63. The maximum atomic E-state index is 13.7. The number of nitrogens with zero attached hydrogens (tertiary/aromatic N) is 3. The van der Waals surface area contributed by atoms with E-state index in [0.717, 1.165) is 69.4 Å². The van der Waals surface area contributed by atoms with E-state index in [1.165, 1.54) is 16.7 Å². The quantitative estimate of drug-likeness (QED) is 0.601. The third-order valence-corrected chi connectivity index (χ3v) is 10.2. The zero-order chi connectivity index (χ0) is 26.7. The summed E-state index contributed by atoms with van der Waals surface area (Å²) in [6, 6.07) is 15.6. The van der Waals surface area contributed by atoms with Crippen molar-refractivity contribution in [2.24, 2.45) is 5.92 Å². The number of hydrogen-bond acceptors (Lipinski definition) is 5. The number of hydrogen-bond donors (Lipinski definition) is 2. The minimum Gasteiger partial charge on any atom is -0.390 e. The number of piperidine rings is 2. The predicted octanol–water partition coefficient (Wildman–Crippen LogP) is 3.40. The molecule has 4 fully saturated rings. The largest absolute Gasteiger partial charge is 0.390 e. The molecule has 39 heavy (non-hydrogen) atoms. The molecule has 7 nitrogen and oxygen atoms in total. The Balaban J connectivity index is 1.03. The number of benzene rings is 2. The van der Waals surface area contributed by atoms with Gasteiger partial charge in [0.1, 0.15) is 0 Å². The van der Waals surface area contributed by atoms with E-state index in [0.29, 0.717) is 37.6 Å². The van der Waals surface area contributed by atoms with Gasteiger partial charge in [-0.15, -0.1) is 0 Å². The fourth-order valence-corrected chi connectivity index (χ4v) is 7.90. The van der Waals surface area contributed by atoms with Crippen molar-refractivity contribution in [2.45, 2.75) is 75.6 Å². The van der Waals surface area contributed by atoms with Gasteiger partial charge in [-0.05, 0) is 73.3 Å². The monoisotopic (exact) mass is 528 g/mol. The lowest BCUT2D eigenvalue weighted by atomic mass is 9.76. The van der Waals surface area contributed by atoms with Crippen LogP contribution < -0.4 is 5.32 Å². The number of rotatable bonds is 6. The SMILES string of the molecule is CC(=O)N1C[C@H]2CC[C@@H]1CC2Nc1ccc2c(c1)C(=O)N(C[C@H](O)CN1CCc3ccccc3C1)CC21CC1. The zero-order valence-corrected chi connectivity index (χ0v) is 22.9. The molecule has 6 aliphatic rings. The van der Waals surface area contributed by atoms with Crippen LogP contribution in [0.2, 0.25) is 0 Å². The molecule has 4 heterocycles. The second kappa shape index (κ2) is 9.63. The van der Waals surface area contributed by atoms with Gasteiger partial charge in [0.15, 0.2) is 0 Å². The van der Waals surface area contributed by atoms with E-state index in [9.17, 15) is 14.7 Å². The van der Waals surface area contributed by atoms with Gasteiger partial charge in [0.2, 0.25) is 5.91 Å². The van der Waals surface area contributed by atoms with E-state index in [-0.39, 0.29) is 17.2 Å². The molecule has 2 aromatic rings. The zero-order valence-electron chi connectivity index (χ0n) is 22.9. The van der Waals surface area contributed by atoms with Crippen molar-refractivity contribution in [1.82, 2.24) is 14.7 Å². The molecule has 0 radical (unpaired) electrons. The number of fused-ring (bicyclic) bond motifs is 6. The highest BCUT2D eigenvalue weighted by molar-refractivity contribution is 5.99. The molecule has 2 saturated carbocycles. The van der Waals surface area contributed by atoms with E-state index in [1.807, 2.05) is 9.80 Å². The minimum atomic E-state index is -0.570. The molecule has 1 spiro atoms. The lowest BCUT2D eigenvalue weighted by molar-refractivity contribution is -0.136. The van der Waals surface area contributed by atoms with Crippen LogP contribution >= 0.6 is 0 Å². The van der Waals surface area contributed by atoms with Crippen LogP contribution in [0.15, 0.2) is 42.5 Å². The minimum absolute atomic E-state index is 0.0436. The van der Waals surface area contributed by atoms with Gasteiger partial charge in [-0.3, -0.25) is 14.5 Å². The van der Waals surface area contributed by atoms with Crippen LogP contribution in [0.1, 0.15) is 66.1 Å². The Bertz CT molecular complexity index is 1290. The van der Waals surface area contributed by atoms with E-state index in [1.54, 1.807) is 6.92 Å². The van der Waals surface area contributed by atoms with Crippen molar-refractivity contribution >= 4 is 17.5 Å². The van der Waals surface area contributed by atoms with E-state index < -0.39 is 6.10 Å². The van der Waals surface area contributed by atoms with Crippen LogP contribution in [0.25, 0.3) is 0 Å². The number of amides is 2. The van der Waals surface area contributed by atoms with E-state index in [2.05, 4.69) is 52.7 Å². The Morgan fingerprint density at radius 1 is 1.13 bits per heavy atom. The average molecular weight is 529 g/mol. The first-order valence-electron chi connectivity index (χ1n) is 14.8. The number of anilines is 1. The first-order chi connectivity index (χ1) is 18.9. The van der Waals surface area contributed by atoms with Crippen molar-refractivity contribution in [1.29, 1.82) is 0 Å². The summed E-state index contributed by atoms with van der Waals surface area (Å²) in [5.74, 6) is 0.681. The Morgan fingerprint density at radius 3 is 2.69 bits per heavy atom. The summed E-state index contributed by atoms with van der Waals surface area (Å²) in [7, 11) is 0. The number of aliphatic hydroxyl groups excluding tert-OH is 1. The summed E-state index contributed by atoms with van der Waals surface area (Å²) in [6.45, 7) is 5.98. The van der Waals surface area contributed by atoms with Crippen molar-refractivity contribution in [3.05, 3.63) is 64.7 Å². The molecular weight excluding hydrogens is 488 g/mol. The summed E-state index contributed by atoms with van der Waals surface area (Å²) in [4.78, 5) is 32.0. The number of nitrogens with one attached hydrogen (secondary N) is 1. The van der Waals surface area contributed by atoms with Gasteiger partial charge in [-0.25, -0.2) is 0 Å². The van der Waals surface area contributed by atoms with Crippen LogP contribution in [0.4, 0.5) is 5.69 Å².